The van der Waals surface area contributed by atoms with Gasteiger partial charge in [0.1, 0.15) is 0 Å². The number of halogens is 1. The molecule has 130 valence electrons. The van der Waals surface area contributed by atoms with Gasteiger partial charge in [-0.15, -0.1) is 0 Å². The molecule has 0 radical (unpaired) electrons. The molecule has 0 bridgehead atoms. The number of benzene rings is 2. The molecule has 25 heavy (non-hydrogen) atoms. The van der Waals surface area contributed by atoms with Crippen LogP contribution < -0.4 is 4.90 Å². The first-order valence-electron chi connectivity index (χ1n) is 8.14. The zero-order valence-electron chi connectivity index (χ0n) is 13.7. The summed E-state index contributed by atoms with van der Waals surface area (Å²) in [6.45, 7) is 2.58. The standard InChI is InChI=1S/C19H19BrN2O3/c20-16-6-4-5-15(13-16)19(24)25-14-18(23)22-11-9-21(10-12-22)17-7-2-1-3-8-17/h1-8,13H,9-12,14H2. The van der Waals surface area contributed by atoms with Crippen LogP contribution in [0.25, 0.3) is 0 Å². The highest BCUT2D eigenvalue weighted by atomic mass is 79.9. The Kier molecular flexibility index (Phi) is 5.71. The molecule has 2 aromatic carbocycles. The summed E-state index contributed by atoms with van der Waals surface area (Å²) in [5.74, 6) is -0.645. The van der Waals surface area contributed by atoms with Gasteiger partial charge in [-0.25, -0.2) is 4.79 Å². The maximum absolute atomic E-state index is 12.3. The Morgan fingerprint density at radius 3 is 2.36 bits per heavy atom. The van der Waals surface area contributed by atoms with Crippen LogP contribution in [0.2, 0.25) is 0 Å². The minimum Gasteiger partial charge on any atom is -0.452 e. The summed E-state index contributed by atoms with van der Waals surface area (Å²) in [6, 6.07) is 17.1. The maximum atomic E-state index is 12.3. The van der Waals surface area contributed by atoms with Gasteiger partial charge in [0.05, 0.1) is 5.56 Å². The normalized spacial score (nSPS) is 14.3. The zero-order valence-corrected chi connectivity index (χ0v) is 15.3. The molecule has 5 nitrogen and oxygen atoms in total. The van der Waals surface area contributed by atoms with Gasteiger partial charge < -0.3 is 14.5 Å². The third kappa shape index (κ3) is 4.60. The zero-order chi connectivity index (χ0) is 17.6. The van der Waals surface area contributed by atoms with Crippen LogP contribution in [0.3, 0.4) is 0 Å². The smallest absolute Gasteiger partial charge is 0.338 e. The summed E-state index contributed by atoms with van der Waals surface area (Å²) >= 11 is 3.31. The largest absolute Gasteiger partial charge is 0.452 e. The number of hydrogen-bond donors (Lipinski definition) is 0. The van der Waals surface area contributed by atoms with E-state index in [0.29, 0.717) is 18.7 Å². The van der Waals surface area contributed by atoms with E-state index in [2.05, 4.69) is 33.0 Å². The molecule has 0 atom stereocenters. The summed E-state index contributed by atoms with van der Waals surface area (Å²) in [5, 5.41) is 0. The number of esters is 1. The average molecular weight is 403 g/mol. The van der Waals surface area contributed by atoms with E-state index in [9.17, 15) is 9.59 Å². The monoisotopic (exact) mass is 402 g/mol. The van der Waals surface area contributed by atoms with Crippen LogP contribution in [0.4, 0.5) is 5.69 Å². The van der Waals surface area contributed by atoms with E-state index in [-0.39, 0.29) is 12.5 Å². The molecule has 0 N–H and O–H groups in total. The van der Waals surface area contributed by atoms with Crippen molar-refractivity contribution in [1.82, 2.24) is 4.90 Å². The van der Waals surface area contributed by atoms with E-state index in [1.54, 1.807) is 23.1 Å². The van der Waals surface area contributed by atoms with Crippen molar-refractivity contribution in [2.24, 2.45) is 0 Å². The summed E-state index contributed by atoms with van der Waals surface area (Å²) in [4.78, 5) is 28.3. The molecule has 0 unspecified atom stereocenters. The predicted octanol–water partition coefficient (Wildman–Crippen LogP) is 2.95. The van der Waals surface area contributed by atoms with Gasteiger partial charge in [0, 0.05) is 36.3 Å². The molecule has 0 spiro atoms. The second-order valence-electron chi connectivity index (χ2n) is 5.79. The maximum Gasteiger partial charge on any atom is 0.338 e. The molecule has 0 saturated carbocycles. The van der Waals surface area contributed by atoms with E-state index in [0.717, 1.165) is 23.2 Å². The summed E-state index contributed by atoms with van der Waals surface area (Å²) in [5.41, 5.74) is 1.59. The van der Waals surface area contributed by atoms with Crippen LogP contribution in [0.15, 0.2) is 59.1 Å². The number of rotatable bonds is 4. The van der Waals surface area contributed by atoms with Crippen molar-refractivity contribution in [3.8, 4) is 0 Å². The first-order valence-corrected chi connectivity index (χ1v) is 8.93. The topological polar surface area (TPSA) is 49.9 Å². The van der Waals surface area contributed by atoms with Crippen molar-refractivity contribution in [2.75, 3.05) is 37.7 Å². The van der Waals surface area contributed by atoms with E-state index in [1.165, 1.54) is 0 Å². The average Bonchev–Trinajstić information content (AvgIpc) is 2.66. The number of para-hydroxylation sites is 1. The van der Waals surface area contributed by atoms with Crippen LogP contribution in [0.1, 0.15) is 10.4 Å². The Bertz CT molecular complexity index is 743. The molecule has 1 fully saturated rings. The van der Waals surface area contributed by atoms with E-state index < -0.39 is 5.97 Å². The molecule has 1 aliphatic heterocycles. The van der Waals surface area contributed by atoms with E-state index in [4.69, 9.17) is 4.74 Å². The minimum absolute atomic E-state index is 0.156. The van der Waals surface area contributed by atoms with Gasteiger partial charge >= 0.3 is 5.97 Å². The van der Waals surface area contributed by atoms with Crippen LogP contribution in [-0.2, 0) is 9.53 Å². The highest BCUT2D eigenvalue weighted by Gasteiger charge is 2.22. The second-order valence-corrected chi connectivity index (χ2v) is 6.71. The number of carbonyl (C=O) groups is 2. The number of carbonyl (C=O) groups excluding carboxylic acids is 2. The molecular weight excluding hydrogens is 384 g/mol. The third-order valence-corrected chi connectivity index (χ3v) is 4.63. The lowest BCUT2D eigenvalue weighted by Crippen LogP contribution is -2.49. The summed E-state index contributed by atoms with van der Waals surface area (Å²) in [7, 11) is 0. The van der Waals surface area contributed by atoms with Gasteiger partial charge in [-0.05, 0) is 30.3 Å². The number of piperazine rings is 1. The number of nitrogens with zero attached hydrogens (tertiary/aromatic N) is 2. The lowest BCUT2D eigenvalue weighted by molar-refractivity contribution is -0.134. The third-order valence-electron chi connectivity index (χ3n) is 4.14. The van der Waals surface area contributed by atoms with Crippen molar-refractivity contribution >= 4 is 33.5 Å². The molecule has 1 aliphatic rings. The molecule has 6 heteroatoms. The molecule has 2 aromatic rings. The summed E-state index contributed by atoms with van der Waals surface area (Å²) < 4.78 is 5.94. The second kappa shape index (κ2) is 8.16. The highest BCUT2D eigenvalue weighted by molar-refractivity contribution is 9.10. The van der Waals surface area contributed by atoms with Crippen molar-refractivity contribution in [3.05, 3.63) is 64.6 Å². The quantitative estimate of drug-likeness (QED) is 0.737. The highest BCUT2D eigenvalue weighted by Crippen LogP contribution is 2.16. The molecule has 1 amide bonds. The minimum atomic E-state index is -0.488. The molecule has 3 rings (SSSR count). The Morgan fingerprint density at radius 2 is 1.68 bits per heavy atom. The fourth-order valence-electron chi connectivity index (χ4n) is 2.77. The van der Waals surface area contributed by atoms with Gasteiger partial charge in [0.25, 0.3) is 5.91 Å². The van der Waals surface area contributed by atoms with Crippen molar-refractivity contribution < 1.29 is 14.3 Å². The first-order chi connectivity index (χ1) is 12.1. The van der Waals surface area contributed by atoms with Crippen molar-refractivity contribution in [3.63, 3.8) is 0 Å². The lowest BCUT2D eigenvalue weighted by atomic mass is 10.2. The fourth-order valence-corrected chi connectivity index (χ4v) is 3.17. The van der Waals surface area contributed by atoms with Gasteiger partial charge in [-0.2, -0.15) is 0 Å². The van der Waals surface area contributed by atoms with Crippen LogP contribution in [0.5, 0.6) is 0 Å². The van der Waals surface area contributed by atoms with Crippen LogP contribution in [-0.4, -0.2) is 49.6 Å². The number of anilines is 1. The van der Waals surface area contributed by atoms with Crippen LogP contribution >= 0.6 is 15.9 Å². The van der Waals surface area contributed by atoms with Gasteiger partial charge in [0.15, 0.2) is 6.61 Å². The Hall–Kier alpha value is -2.34. The number of amides is 1. The SMILES string of the molecule is O=C(OCC(=O)N1CCN(c2ccccc2)CC1)c1cccc(Br)c1. The van der Waals surface area contributed by atoms with Gasteiger partial charge in [0.2, 0.25) is 0 Å². The van der Waals surface area contributed by atoms with E-state index in [1.807, 2.05) is 24.3 Å². The molecule has 0 aliphatic carbocycles. The number of hydrogen-bond acceptors (Lipinski definition) is 4. The van der Waals surface area contributed by atoms with Gasteiger partial charge in [-0.1, -0.05) is 40.2 Å². The Morgan fingerprint density at radius 1 is 0.960 bits per heavy atom. The lowest BCUT2D eigenvalue weighted by Gasteiger charge is -2.36. The molecule has 1 saturated heterocycles. The predicted molar refractivity (Wildman–Crippen MR) is 99.7 cm³/mol. The fraction of sp³-hybridized carbons (Fsp3) is 0.263. The molecular formula is C19H19BrN2O3. The van der Waals surface area contributed by atoms with Gasteiger partial charge in [-0.3, -0.25) is 4.79 Å². The molecule has 0 aromatic heterocycles. The van der Waals surface area contributed by atoms with Crippen LogP contribution in [0, 0.1) is 0 Å². The Balaban J connectivity index is 1.47. The van der Waals surface area contributed by atoms with Crippen molar-refractivity contribution in [2.45, 2.75) is 0 Å². The van der Waals surface area contributed by atoms with E-state index >= 15 is 0 Å². The summed E-state index contributed by atoms with van der Waals surface area (Å²) in [6.07, 6.45) is 0. The number of ether oxygens (including phenoxy) is 1. The van der Waals surface area contributed by atoms with Crippen molar-refractivity contribution in [1.29, 1.82) is 0 Å². The Labute approximate surface area is 155 Å². The molecule has 1 heterocycles. The first kappa shape index (κ1) is 17.5.